The van der Waals surface area contributed by atoms with E-state index in [0.29, 0.717) is 42.3 Å². The Hall–Kier alpha value is -2.74. The van der Waals surface area contributed by atoms with Gasteiger partial charge in [-0.15, -0.1) is 0 Å². The van der Waals surface area contributed by atoms with Crippen molar-refractivity contribution in [1.29, 1.82) is 0 Å². The monoisotopic (exact) mass is 490 g/mol. The average Bonchev–Trinajstić information content (AvgIpc) is 2.76. The zero-order chi connectivity index (χ0) is 25.5. The second-order valence-corrected chi connectivity index (χ2v) is 11.5. The number of ether oxygens (including phenoxy) is 1. The Labute approximate surface area is 213 Å². The van der Waals surface area contributed by atoms with E-state index in [9.17, 15) is 9.90 Å². The van der Waals surface area contributed by atoms with Gasteiger partial charge < -0.3 is 20.9 Å². The third kappa shape index (κ3) is 5.05. The van der Waals surface area contributed by atoms with Crippen LogP contribution in [0.5, 0.6) is 0 Å². The highest BCUT2D eigenvalue weighted by atomic mass is 16.5. The molecule has 0 radical (unpaired) electrons. The molecule has 0 bridgehead atoms. The Kier molecular flexibility index (Phi) is 6.66. The van der Waals surface area contributed by atoms with Crippen LogP contribution in [0, 0.1) is 11.3 Å². The van der Waals surface area contributed by atoms with E-state index in [2.05, 4.69) is 59.9 Å². The van der Waals surface area contributed by atoms with E-state index in [4.69, 9.17) is 10.5 Å². The van der Waals surface area contributed by atoms with E-state index in [-0.39, 0.29) is 11.7 Å². The molecule has 3 aliphatic rings. The number of amides is 1. The molecule has 192 valence electrons. The first-order valence-electron chi connectivity index (χ1n) is 13.0. The molecule has 1 spiro atoms. The molecule has 1 amide bonds. The van der Waals surface area contributed by atoms with Crippen molar-refractivity contribution in [1.82, 2.24) is 15.2 Å². The van der Waals surface area contributed by atoms with Gasteiger partial charge in [-0.05, 0) is 55.7 Å². The molecule has 4 N–H and O–H groups in total. The minimum atomic E-state index is -0.811. The van der Waals surface area contributed by atoms with Crippen LogP contribution in [-0.4, -0.2) is 59.3 Å². The van der Waals surface area contributed by atoms with Crippen LogP contribution < -0.4 is 11.1 Å². The number of aromatic nitrogens is 1. The number of pyridine rings is 1. The highest BCUT2D eigenvalue weighted by Gasteiger charge is 2.50. The largest absolute Gasteiger partial charge is 0.389 e. The molecule has 3 heterocycles. The third-order valence-corrected chi connectivity index (χ3v) is 8.15. The van der Waals surface area contributed by atoms with Crippen molar-refractivity contribution in [3.8, 4) is 11.1 Å². The molecule has 7 heteroatoms. The Balaban J connectivity index is 1.20. The fourth-order valence-corrected chi connectivity index (χ4v) is 6.16. The molecule has 7 nitrogen and oxygen atoms in total. The van der Waals surface area contributed by atoms with Crippen LogP contribution >= 0.6 is 0 Å². The highest BCUT2D eigenvalue weighted by molar-refractivity contribution is 5.99. The topological polar surface area (TPSA) is 101 Å². The zero-order valence-corrected chi connectivity index (χ0v) is 21.4. The lowest BCUT2D eigenvalue weighted by molar-refractivity contribution is -0.197. The lowest BCUT2D eigenvalue weighted by Crippen LogP contribution is -2.66. The molecule has 2 aliphatic heterocycles. The summed E-state index contributed by atoms with van der Waals surface area (Å²) in [5, 5.41) is 13.9. The van der Waals surface area contributed by atoms with Crippen molar-refractivity contribution >= 4 is 11.7 Å². The van der Waals surface area contributed by atoms with Crippen LogP contribution in [0.2, 0.25) is 0 Å². The Morgan fingerprint density at radius 2 is 2.03 bits per heavy atom. The number of rotatable bonds is 7. The van der Waals surface area contributed by atoms with Crippen molar-refractivity contribution in [2.75, 3.05) is 38.6 Å². The predicted octanol–water partition coefficient (Wildman–Crippen LogP) is 3.95. The van der Waals surface area contributed by atoms with E-state index in [1.54, 1.807) is 12.3 Å². The molecule has 3 fully saturated rings. The summed E-state index contributed by atoms with van der Waals surface area (Å²) in [6.07, 6.45) is 4.47. The van der Waals surface area contributed by atoms with Gasteiger partial charge in [-0.25, -0.2) is 4.98 Å². The maximum absolute atomic E-state index is 12.9. The van der Waals surface area contributed by atoms with Gasteiger partial charge >= 0.3 is 0 Å². The van der Waals surface area contributed by atoms with E-state index in [1.807, 2.05) is 0 Å². The summed E-state index contributed by atoms with van der Waals surface area (Å²) in [5.41, 5.74) is 10.2. The van der Waals surface area contributed by atoms with Crippen molar-refractivity contribution in [2.45, 2.75) is 51.2 Å². The van der Waals surface area contributed by atoms with E-state index >= 15 is 0 Å². The fourth-order valence-electron chi connectivity index (χ4n) is 6.16. The number of nitrogens with two attached hydrogens (primary N) is 1. The minimum absolute atomic E-state index is 0.201. The Morgan fingerprint density at radius 3 is 2.67 bits per heavy atom. The summed E-state index contributed by atoms with van der Waals surface area (Å²) in [4.78, 5) is 19.7. The highest BCUT2D eigenvalue weighted by Crippen LogP contribution is 2.42. The summed E-state index contributed by atoms with van der Waals surface area (Å²) in [6.45, 7) is 12.8. The van der Waals surface area contributed by atoms with Crippen LogP contribution in [0.25, 0.3) is 11.1 Å². The molecule has 5 rings (SSSR count). The first-order valence-corrected chi connectivity index (χ1v) is 13.0. The van der Waals surface area contributed by atoms with Gasteiger partial charge in [-0.2, -0.15) is 0 Å². The van der Waals surface area contributed by atoms with Crippen molar-refractivity contribution in [2.24, 2.45) is 11.3 Å². The number of nitrogen functional groups attached to an aromatic ring is 1. The van der Waals surface area contributed by atoms with Crippen LogP contribution in [0.15, 0.2) is 48.7 Å². The minimum Gasteiger partial charge on any atom is -0.389 e. The summed E-state index contributed by atoms with van der Waals surface area (Å²) >= 11 is 0. The number of hydrogen-bond donors (Lipinski definition) is 3. The molecular weight excluding hydrogens is 452 g/mol. The van der Waals surface area contributed by atoms with Crippen molar-refractivity contribution < 1.29 is 14.6 Å². The molecule has 36 heavy (non-hydrogen) atoms. The van der Waals surface area contributed by atoms with E-state index in [1.165, 1.54) is 5.56 Å². The molecule has 3 atom stereocenters. The number of benzene rings is 1. The Bertz CT molecular complexity index is 1140. The SMILES string of the molecule is C=C1CC(C)CC(O)(CCNC(=O)c2cc(-c3ccc([C@@H](C)N4CC5(COC5)C4)cc3)cnc2N)C1. The molecule has 2 saturated heterocycles. The van der Waals surface area contributed by atoms with Crippen molar-refractivity contribution in [3.05, 3.63) is 59.8 Å². The molecule has 1 saturated carbocycles. The first kappa shape index (κ1) is 24.9. The van der Waals surface area contributed by atoms with Crippen LogP contribution in [0.1, 0.15) is 61.5 Å². The second-order valence-electron chi connectivity index (χ2n) is 11.5. The summed E-state index contributed by atoms with van der Waals surface area (Å²) in [5.74, 6) is 0.328. The first-order chi connectivity index (χ1) is 17.2. The third-order valence-electron chi connectivity index (χ3n) is 8.15. The Morgan fingerprint density at radius 1 is 1.31 bits per heavy atom. The van der Waals surface area contributed by atoms with Crippen LogP contribution in [0.3, 0.4) is 0 Å². The van der Waals surface area contributed by atoms with Gasteiger partial charge in [-0.1, -0.05) is 43.3 Å². The maximum Gasteiger partial charge on any atom is 0.255 e. The molecular formula is C29H38N4O3. The van der Waals surface area contributed by atoms with Crippen LogP contribution in [-0.2, 0) is 4.74 Å². The number of nitrogens with one attached hydrogen (secondary N) is 1. The van der Waals surface area contributed by atoms with Gasteiger partial charge in [0.25, 0.3) is 5.91 Å². The number of likely N-dealkylation sites (tertiary alicyclic amines) is 1. The van der Waals surface area contributed by atoms with Gasteiger partial charge in [0.1, 0.15) is 5.82 Å². The molecule has 2 unspecified atom stereocenters. The fraction of sp³-hybridized carbons (Fsp3) is 0.517. The lowest BCUT2D eigenvalue weighted by Gasteiger charge is -2.57. The molecule has 1 aromatic heterocycles. The van der Waals surface area contributed by atoms with Crippen LogP contribution in [0.4, 0.5) is 5.82 Å². The molecule has 1 aromatic carbocycles. The van der Waals surface area contributed by atoms with Gasteiger partial charge in [0.2, 0.25) is 0 Å². The number of nitrogens with zero attached hydrogens (tertiary/aromatic N) is 2. The molecule has 1 aliphatic carbocycles. The summed E-state index contributed by atoms with van der Waals surface area (Å²) in [7, 11) is 0. The number of aliphatic hydroxyl groups is 1. The average molecular weight is 491 g/mol. The van der Waals surface area contributed by atoms with E-state index < -0.39 is 5.60 Å². The van der Waals surface area contributed by atoms with Gasteiger partial charge in [0, 0.05) is 42.9 Å². The quantitative estimate of drug-likeness (QED) is 0.508. The normalized spacial score (nSPS) is 26.2. The number of carbonyl (C=O) groups is 1. The summed E-state index contributed by atoms with van der Waals surface area (Å²) in [6, 6.07) is 10.6. The summed E-state index contributed by atoms with van der Waals surface area (Å²) < 4.78 is 5.39. The second kappa shape index (κ2) is 9.61. The number of hydrogen-bond acceptors (Lipinski definition) is 6. The van der Waals surface area contributed by atoms with Gasteiger partial charge in [0.05, 0.1) is 24.4 Å². The maximum atomic E-state index is 12.9. The zero-order valence-electron chi connectivity index (χ0n) is 21.4. The standard InChI is InChI=1S/C29H38N4O3/c1-19-10-20(2)13-29(35,12-19)8-9-31-27(34)25-11-24(14-32-26(25)30)23-6-4-22(5-7-23)21(3)33-15-28(16-33)17-36-18-28/h4-7,11,14,20-21,35H,1,8-10,12-13,15-18H2,2-3H3,(H2,30,32)(H,31,34)/t20?,21-,29?/m1/s1. The lowest BCUT2D eigenvalue weighted by atomic mass is 9.75. The number of anilines is 1. The smallest absolute Gasteiger partial charge is 0.255 e. The predicted molar refractivity (Wildman–Crippen MR) is 141 cm³/mol. The van der Waals surface area contributed by atoms with E-state index in [0.717, 1.165) is 55.8 Å². The van der Waals surface area contributed by atoms with Crippen molar-refractivity contribution in [3.63, 3.8) is 0 Å². The number of carbonyl (C=O) groups excluding carboxylic acids is 1. The molecule has 2 aromatic rings. The van der Waals surface area contributed by atoms with Gasteiger partial charge in [0.15, 0.2) is 0 Å². The van der Waals surface area contributed by atoms with Gasteiger partial charge in [-0.3, -0.25) is 9.69 Å².